The van der Waals surface area contributed by atoms with Crippen molar-refractivity contribution < 1.29 is 32.9 Å². The molecule has 0 radical (unpaired) electrons. The van der Waals surface area contributed by atoms with Gasteiger partial charge in [0.05, 0.1) is 77.4 Å². The summed E-state index contributed by atoms with van der Waals surface area (Å²) in [6.45, 7) is 0. The van der Waals surface area contributed by atoms with Gasteiger partial charge in [-0.25, -0.2) is 0 Å². The normalized spacial score (nSPS) is 16.8. The average Bonchev–Trinajstić information content (AvgIpc) is 1.49. The molecule has 0 aliphatic heterocycles. The van der Waals surface area contributed by atoms with E-state index in [1.165, 1.54) is 8.80 Å². The average molecular weight is 915 g/mol. The van der Waals surface area contributed by atoms with Gasteiger partial charge in [-0.15, -0.1) is 0 Å². The van der Waals surface area contributed by atoms with Crippen LogP contribution in [0.4, 0.5) is 34.1 Å². The topological polar surface area (TPSA) is 15.3 Å². The standard InChI is InChI=1S/C66H42N4/c1-5-17-43(18-6-1)45-33-37-49(38-34-45)67(47-21-9-3-10-22-47)57-29-15-31-59-63(57)53-27-13-25-51-55-42-62-56(41-61(55)69(59)65(51)53)52-26-14-28-54-64-58(30-16-32-60(64)70(62)66(52)54)68(48-23-11-4-12-24-48)50-39-35-46(36-40-50)44-19-7-2-8-20-44/h1-42H/i3D,4D,9D,10D,11D,12D,13D,14D,15D,16D,21D,22D,23D,24D,25D,26D,27D,28D,29D,30D,31D,32D,41D,42D. The maximum absolute atomic E-state index is 10.5. The van der Waals surface area contributed by atoms with Gasteiger partial charge in [0.1, 0.15) is 0 Å². The van der Waals surface area contributed by atoms with E-state index in [1.807, 2.05) is 60.7 Å². The lowest BCUT2D eigenvalue weighted by Gasteiger charge is -2.26. The maximum atomic E-state index is 10.5. The summed E-state index contributed by atoms with van der Waals surface area (Å²) in [7, 11) is 0. The number of anilines is 6. The molecule has 70 heavy (non-hydrogen) atoms. The third-order valence-electron chi connectivity index (χ3n) is 13.0. The van der Waals surface area contributed by atoms with Crippen molar-refractivity contribution in [3.05, 3.63) is 254 Å². The number of fused-ring (bicyclic) bond motifs is 12. The fraction of sp³-hybridized carbons (Fsp3) is 0. The molecule has 0 saturated carbocycles. The highest BCUT2D eigenvalue weighted by atomic mass is 15.2. The minimum absolute atomic E-state index is 0.0822. The predicted octanol–water partition coefficient (Wildman–Crippen LogP) is 18.3. The molecular formula is C66H42N4. The van der Waals surface area contributed by atoms with E-state index in [0.717, 1.165) is 20.9 Å². The molecule has 0 N–H and O–H groups in total. The van der Waals surface area contributed by atoms with E-state index >= 15 is 0 Å². The molecule has 15 rings (SSSR count). The van der Waals surface area contributed by atoms with Crippen molar-refractivity contribution >= 4 is 110 Å². The van der Waals surface area contributed by atoms with Gasteiger partial charge in [-0.3, -0.25) is 0 Å². The number of hydrogen-bond donors (Lipinski definition) is 0. The molecule has 0 saturated heterocycles. The van der Waals surface area contributed by atoms with Gasteiger partial charge in [0.25, 0.3) is 0 Å². The van der Waals surface area contributed by atoms with Crippen molar-refractivity contribution in [1.82, 2.24) is 8.80 Å². The Hall–Kier alpha value is -9.38. The summed E-state index contributed by atoms with van der Waals surface area (Å²) in [4.78, 5) is 2.32. The zero-order valence-electron chi connectivity index (χ0n) is 60.2. The summed E-state index contributed by atoms with van der Waals surface area (Å²) >= 11 is 0. The molecule has 0 aliphatic rings. The van der Waals surface area contributed by atoms with E-state index in [9.17, 15) is 24.7 Å². The van der Waals surface area contributed by atoms with Crippen LogP contribution in [0, 0.1) is 0 Å². The molecule has 326 valence electrons. The summed E-state index contributed by atoms with van der Waals surface area (Å²) in [6.07, 6.45) is 0. The van der Waals surface area contributed by atoms with Gasteiger partial charge >= 0.3 is 0 Å². The van der Waals surface area contributed by atoms with Crippen LogP contribution in [0.3, 0.4) is 0 Å². The van der Waals surface area contributed by atoms with Crippen LogP contribution >= 0.6 is 0 Å². The zero-order valence-corrected chi connectivity index (χ0v) is 36.2. The molecule has 0 atom stereocenters. The quantitative estimate of drug-likeness (QED) is 0.151. The SMILES string of the molecule is [2H]c1c([2H])c([2H])c(N(c2ccc(-c3ccccc3)cc2)c2c([2H])c([2H])c([2H])c3c2c2c([2H])c([2H])c([2H])c4c5c([2H])c6c(c([2H])c5n3c24)c2c([2H])c([2H])c([2H])c3c4c(N(c5ccc(-c7ccccc7)cc5)c5c([2H])c([2H])c([2H])c([2H])c5[2H])c([2H])c([2H])c([2H])c4n6c32)c([2H])c1[2H]. The summed E-state index contributed by atoms with van der Waals surface area (Å²) in [5.41, 5.74) is -0.254. The van der Waals surface area contributed by atoms with Gasteiger partial charge in [0, 0.05) is 65.8 Å². The van der Waals surface area contributed by atoms with E-state index in [0.29, 0.717) is 11.1 Å². The number of benzene rings is 11. The van der Waals surface area contributed by atoms with Crippen LogP contribution in [0.25, 0.3) is 98.4 Å². The van der Waals surface area contributed by atoms with Gasteiger partial charge in [0.15, 0.2) is 0 Å². The Labute approximate surface area is 437 Å². The third-order valence-corrected chi connectivity index (χ3v) is 13.0. The molecule has 4 heteroatoms. The number of para-hydroxylation sites is 4. The van der Waals surface area contributed by atoms with Crippen LogP contribution in [0.15, 0.2) is 254 Å². The molecule has 0 fully saturated rings. The van der Waals surface area contributed by atoms with E-state index in [1.54, 1.807) is 48.5 Å². The van der Waals surface area contributed by atoms with Gasteiger partial charge in [0.2, 0.25) is 0 Å². The van der Waals surface area contributed by atoms with E-state index < -0.39 is 168 Å². The lowest BCUT2D eigenvalue weighted by atomic mass is 10.0. The van der Waals surface area contributed by atoms with Crippen molar-refractivity contribution in [3.63, 3.8) is 0 Å². The van der Waals surface area contributed by atoms with Crippen molar-refractivity contribution in [2.24, 2.45) is 0 Å². The van der Waals surface area contributed by atoms with Crippen LogP contribution in [0.1, 0.15) is 32.9 Å². The molecule has 4 aromatic heterocycles. The van der Waals surface area contributed by atoms with E-state index in [-0.39, 0.29) is 87.6 Å². The highest BCUT2D eigenvalue weighted by Gasteiger charge is 2.27. The molecule has 0 unspecified atom stereocenters. The minimum atomic E-state index is -0.789. The Morgan fingerprint density at radius 1 is 0.286 bits per heavy atom. The fourth-order valence-corrected chi connectivity index (χ4v) is 10.1. The first kappa shape index (κ1) is 22.2. The Bertz CT molecular complexity index is 5480. The summed E-state index contributed by atoms with van der Waals surface area (Å²) in [5, 5.41) is -2.09. The lowest BCUT2D eigenvalue weighted by molar-refractivity contribution is 1.29. The largest absolute Gasteiger partial charge is 0.310 e. The van der Waals surface area contributed by atoms with E-state index in [4.69, 9.17) is 8.22 Å². The number of nitrogens with zero attached hydrogens (tertiary/aromatic N) is 4. The Morgan fingerprint density at radius 3 is 1.07 bits per heavy atom. The Kier molecular flexibility index (Phi) is 4.77. The highest BCUT2D eigenvalue weighted by molar-refractivity contribution is 6.31. The van der Waals surface area contributed by atoms with Crippen molar-refractivity contribution in [1.29, 1.82) is 0 Å². The summed E-state index contributed by atoms with van der Waals surface area (Å²) in [5.74, 6) is 0. The van der Waals surface area contributed by atoms with Crippen LogP contribution in [-0.4, -0.2) is 8.80 Å². The third kappa shape index (κ3) is 5.59. The summed E-state index contributed by atoms with van der Waals surface area (Å²) in [6, 6.07) is 14.2. The number of hydrogen-bond acceptors (Lipinski definition) is 2. The molecule has 15 aromatic rings. The highest BCUT2D eigenvalue weighted by Crippen LogP contribution is 2.50. The molecule has 0 spiro atoms. The molecular weight excluding hydrogens is 849 g/mol. The van der Waals surface area contributed by atoms with Crippen LogP contribution < -0.4 is 9.80 Å². The minimum Gasteiger partial charge on any atom is -0.310 e. The smallest absolute Gasteiger partial charge is 0.0653 e. The molecule has 0 bridgehead atoms. The molecule has 0 amide bonds. The lowest BCUT2D eigenvalue weighted by Crippen LogP contribution is -2.10. The maximum Gasteiger partial charge on any atom is 0.0653 e. The van der Waals surface area contributed by atoms with E-state index in [2.05, 4.69) is 0 Å². The summed E-state index contributed by atoms with van der Waals surface area (Å²) < 4.78 is 230. The number of rotatable bonds is 8. The Balaban J connectivity index is 1.12. The first-order chi connectivity index (χ1) is 44.8. The first-order valence-electron chi connectivity index (χ1n) is 34.1. The Morgan fingerprint density at radius 2 is 0.657 bits per heavy atom. The van der Waals surface area contributed by atoms with Crippen molar-refractivity contribution in [2.45, 2.75) is 0 Å². The first-order valence-corrected chi connectivity index (χ1v) is 22.1. The zero-order chi connectivity index (χ0) is 66.8. The second-order valence-corrected chi connectivity index (χ2v) is 16.7. The molecule has 4 nitrogen and oxygen atoms in total. The molecule has 4 heterocycles. The van der Waals surface area contributed by atoms with Crippen LogP contribution in [0.2, 0.25) is 0 Å². The second-order valence-electron chi connectivity index (χ2n) is 16.7. The molecule has 0 aliphatic carbocycles. The van der Waals surface area contributed by atoms with Crippen LogP contribution in [-0.2, 0) is 0 Å². The predicted molar refractivity (Wildman–Crippen MR) is 296 cm³/mol. The second kappa shape index (κ2) is 15.1. The molecule has 11 aromatic carbocycles. The van der Waals surface area contributed by atoms with Crippen molar-refractivity contribution in [3.8, 4) is 22.3 Å². The van der Waals surface area contributed by atoms with Gasteiger partial charge in [-0.05, 0) is 107 Å². The van der Waals surface area contributed by atoms with Crippen LogP contribution in [0.5, 0.6) is 0 Å². The number of aromatic nitrogens is 2. The van der Waals surface area contributed by atoms with Gasteiger partial charge in [-0.1, -0.05) is 170 Å². The van der Waals surface area contributed by atoms with Crippen molar-refractivity contribution in [2.75, 3.05) is 9.80 Å². The van der Waals surface area contributed by atoms with Gasteiger partial charge in [-0.2, -0.15) is 0 Å². The van der Waals surface area contributed by atoms with Gasteiger partial charge < -0.3 is 18.6 Å². The fourth-order valence-electron chi connectivity index (χ4n) is 10.1. The monoisotopic (exact) mass is 914 g/mol.